The zero-order valence-corrected chi connectivity index (χ0v) is 7.16. The minimum absolute atomic E-state index is 0.274. The fraction of sp³-hybridized carbons (Fsp3) is 0.333. The fourth-order valence-corrected chi connectivity index (χ4v) is 0.872. The molecule has 2 N–H and O–H groups in total. The van der Waals surface area contributed by atoms with Crippen molar-refractivity contribution in [2.24, 2.45) is 0 Å². The zero-order chi connectivity index (χ0) is 9.52. The second-order valence-corrected chi connectivity index (χ2v) is 2.56. The fourth-order valence-electron chi connectivity index (χ4n) is 0.872. The first-order valence-corrected chi connectivity index (χ1v) is 4.08. The minimum Gasteiger partial charge on any atom is -0.494 e. The third-order valence-corrected chi connectivity index (χ3v) is 1.52. The van der Waals surface area contributed by atoms with Crippen molar-refractivity contribution in [3.8, 4) is 5.75 Å². The second kappa shape index (κ2) is 5.50. The molecule has 0 atom stereocenters. The summed E-state index contributed by atoms with van der Waals surface area (Å²) >= 11 is 0. The number of benzene rings is 1. The van der Waals surface area contributed by atoms with Crippen molar-refractivity contribution in [3.05, 3.63) is 30.1 Å². The lowest BCUT2D eigenvalue weighted by Crippen LogP contribution is -2.12. The van der Waals surface area contributed by atoms with E-state index < -0.39 is 0 Å². The average molecular weight is 185 g/mol. The SMILES string of the molecule is ONCCCOc1ccc(F)cc1. The van der Waals surface area contributed by atoms with E-state index in [4.69, 9.17) is 9.94 Å². The monoisotopic (exact) mass is 185 g/mol. The molecular formula is C9H12FNO2. The Hall–Kier alpha value is -1.13. The summed E-state index contributed by atoms with van der Waals surface area (Å²) in [4.78, 5) is 0. The van der Waals surface area contributed by atoms with Gasteiger partial charge in [0.1, 0.15) is 11.6 Å². The maximum atomic E-state index is 12.4. The third-order valence-electron chi connectivity index (χ3n) is 1.52. The summed E-state index contributed by atoms with van der Waals surface area (Å²) in [6.07, 6.45) is 0.702. The lowest BCUT2D eigenvalue weighted by atomic mass is 10.3. The lowest BCUT2D eigenvalue weighted by Gasteiger charge is -2.04. The summed E-state index contributed by atoms with van der Waals surface area (Å²) in [5.41, 5.74) is 2.02. The molecule has 0 saturated heterocycles. The Bertz CT molecular complexity index is 238. The van der Waals surface area contributed by atoms with Crippen LogP contribution in [0.5, 0.6) is 5.75 Å². The number of ether oxygens (including phenoxy) is 1. The smallest absolute Gasteiger partial charge is 0.123 e. The van der Waals surface area contributed by atoms with Crippen LogP contribution in [0, 0.1) is 5.82 Å². The van der Waals surface area contributed by atoms with Crippen molar-refractivity contribution in [1.82, 2.24) is 5.48 Å². The van der Waals surface area contributed by atoms with Crippen LogP contribution in [0.25, 0.3) is 0 Å². The summed E-state index contributed by atoms with van der Waals surface area (Å²) in [6.45, 7) is 0.986. The van der Waals surface area contributed by atoms with Gasteiger partial charge in [-0.2, -0.15) is 0 Å². The molecule has 0 amide bonds. The van der Waals surface area contributed by atoms with Crippen LogP contribution in [0.3, 0.4) is 0 Å². The van der Waals surface area contributed by atoms with Gasteiger partial charge in [0.2, 0.25) is 0 Å². The lowest BCUT2D eigenvalue weighted by molar-refractivity contribution is 0.157. The highest BCUT2D eigenvalue weighted by Crippen LogP contribution is 2.10. The molecule has 3 nitrogen and oxygen atoms in total. The van der Waals surface area contributed by atoms with Crippen molar-refractivity contribution in [2.75, 3.05) is 13.2 Å². The van der Waals surface area contributed by atoms with Crippen LogP contribution in [0.4, 0.5) is 4.39 Å². The average Bonchev–Trinajstić information content (AvgIpc) is 2.15. The molecule has 0 spiro atoms. The first-order valence-electron chi connectivity index (χ1n) is 4.08. The highest BCUT2D eigenvalue weighted by molar-refractivity contribution is 5.21. The Kier molecular flexibility index (Phi) is 4.21. The van der Waals surface area contributed by atoms with Crippen LogP contribution < -0.4 is 10.2 Å². The maximum Gasteiger partial charge on any atom is 0.123 e. The number of rotatable bonds is 5. The van der Waals surface area contributed by atoms with Gasteiger partial charge in [0.05, 0.1) is 6.61 Å². The molecule has 0 radical (unpaired) electrons. The van der Waals surface area contributed by atoms with Crippen LogP contribution in [0.1, 0.15) is 6.42 Å². The molecule has 0 aliphatic carbocycles. The van der Waals surface area contributed by atoms with Crippen LogP contribution >= 0.6 is 0 Å². The van der Waals surface area contributed by atoms with E-state index >= 15 is 0 Å². The van der Waals surface area contributed by atoms with Gasteiger partial charge >= 0.3 is 0 Å². The second-order valence-electron chi connectivity index (χ2n) is 2.56. The van der Waals surface area contributed by atoms with Crippen LogP contribution in [0.15, 0.2) is 24.3 Å². The molecule has 0 unspecified atom stereocenters. The van der Waals surface area contributed by atoms with Crippen molar-refractivity contribution in [2.45, 2.75) is 6.42 Å². The number of hydrogen-bond donors (Lipinski definition) is 2. The quantitative estimate of drug-likeness (QED) is 0.540. The molecule has 0 bridgehead atoms. The number of hydroxylamine groups is 1. The molecule has 72 valence electrons. The van der Waals surface area contributed by atoms with E-state index in [-0.39, 0.29) is 5.82 Å². The third kappa shape index (κ3) is 3.87. The highest BCUT2D eigenvalue weighted by Gasteiger charge is 1.93. The van der Waals surface area contributed by atoms with E-state index in [1.165, 1.54) is 12.1 Å². The van der Waals surface area contributed by atoms with Crippen LogP contribution in [-0.2, 0) is 0 Å². The summed E-state index contributed by atoms with van der Waals surface area (Å²) in [5.74, 6) is 0.365. The van der Waals surface area contributed by atoms with Gasteiger partial charge in [-0.05, 0) is 30.7 Å². The van der Waals surface area contributed by atoms with Crippen molar-refractivity contribution < 1.29 is 14.3 Å². The first kappa shape index (κ1) is 9.95. The molecule has 0 aliphatic rings. The van der Waals surface area contributed by atoms with E-state index in [1.54, 1.807) is 12.1 Å². The predicted octanol–water partition coefficient (Wildman–Crippen LogP) is 1.57. The zero-order valence-electron chi connectivity index (χ0n) is 7.16. The Labute approximate surface area is 76.1 Å². The molecular weight excluding hydrogens is 173 g/mol. The molecule has 0 heterocycles. The van der Waals surface area contributed by atoms with Crippen LogP contribution in [-0.4, -0.2) is 18.4 Å². The highest BCUT2D eigenvalue weighted by atomic mass is 19.1. The van der Waals surface area contributed by atoms with Gasteiger partial charge in [-0.25, -0.2) is 9.87 Å². The Morgan fingerprint density at radius 2 is 2.00 bits per heavy atom. The summed E-state index contributed by atoms with van der Waals surface area (Å²) in [6, 6.07) is 5.84. The van der Waals surface area contributed by atoms with E-state index in [1.807, 2.05) is 5.48 Å². The van der Waals surface area contributed by atoms with Gasteiger partial charge in [0.25, 0.3) is 0 Å². The molecule has 1 aromatic rings. The number of nitrogens with one attached hydrogen (secondary N) is 1. The van der Waals surface area contributed by atoms with Crippen molar-refractivity contribution >= 4 is 0 Å². The van der Waals surface area contributed by atoms with Crippen molar-refractivity contribution in [3.63, 3.8) is 0 Å². The molecule has 0 fully saturated rings. The normalized spacial score (nSPS) is 10.0. The summed E-state index contributed by atoms with van der Waals surface area (Å²) in [7, 11) is 0. The number of halogens is 1. The Morgan fingerprint density at radius 1 is 1.31 bits per heavy atom. The number of hydrogen-bond acceptors (Lipinski definition) is 3. The van der Waals surface area contributed by atoms with Crippen molar-refractivity contribution in [1.29, 1.82) is 0 Å². The molecule has 1 aromatic carbocycles. The maximum absolute atomic E-state index is 12.4. The van der Waals surface area contributed by atoms with Crippen LogP contribution in [0.2, 0.25) is 0 Å². The van der Waals surface area contributed by atoms with Gasteiger partial charge in [0, 0.05) is 6.54 Å². The molecule has 13 heavy (non-hydrogen) atoms. The van der Waals surface area contributed by atoms with Gasteiger partial charge in [-0.15, -0.1) is 0 Å². The van der Waals surface area contributed by atoms with Gasteiger partial charge in [-0.3, -0.25) is 0 Å². The molecule has 0 aliphatic heterocycles. The largest absolute Gasteiger partial charge is 0.494 e. The Morgan fingerprint density at radius 3 is 2.62 bits per heavy atom. The predicted molar refractivity (Wildman–Crippen MR) is 46.3 cm³/mol. The molecule has 1 rings (SSSR count). The molecule has 0 aromatic heterocycles. The van der Waals surface area contributed by atoms with Gasteiger partial charge < -0.3 is 9.94 Å². The molecule has 0 saturated carbocycles. The topological polar surface area (TPSA) is 41.5 Å². The van der Waals surface area contributed by atoms with Gasteiger partial charge in [0.15, 0.2) is 0 Å². The van der Waals surface area contributed by atoms with E-state index in [2.05, 4.69) is 0 Å². The van der Waals surface area contributed by atoms with E-state index in [0.717, 1.165) is 0 Å². The molecule has 4 heteroatoms. The summed E-state index contributed by atoms with van der Waals surface area (Å²) in [5, 5.41) is 8.24. The Balaban J connectivity index is 2.25. The summed E-state index contributed by atoms with van der Waals surface area (Å²) < 4.78 is 17.7. The van der Waals surface area contributed by atoms with Gasteiger partial charge in [-0.1, -0.05) is 0 Å². The van der Waals surface area contributed by atoms with E-state index in [0.29, 0.717) is 25.3 Å². The minimum atomic E-state index is -0.274. The first-order chi connectivity index (χ1) is 6.33. The van der Waals surface area contributed by atoms with E-state index in [9.17, 15) is 4.39 Å². The standard InChI is InChI=1S/C9H12FNO2/c10-8-2-4-9(5-3-8)13-7-1-6-11-12/h2-5,11-12H,1,6-7H2.